The van der Waals surface area contributed by atoms with E-state index in [0.29, 0.717) is 6.17 Å². The van der Waals surface area contributed by atoms with Crippen LogP contribution in [0.5, 0.6) is 0 Å². The third kappa shape index (κ3) is 10.1. The minimum absolute atomic E-state index is 0.326. The highest BCUT2D eigenvalue weighted by atomic mass is 16.3. The fraction of sp³-hybridized carbons (Fsp3) is 0.909. The van der Waals surface area contributed by atoms with E-state index in [9.17, 15) is 5.11 Å². The van der Waals surface area contributed by atoms with E-state index in [4.69, 9.17) is 0 Å². The van der Waals surface area contributed by atoms with Gasteiger partial charge in [-0.3, -0.25) is 0 Å². The van der Waals surface area contributed by atoms with Crippen LogP contribution in [0, 0.1) is 0 Å². The maximum Gasteiger partial charge on any atom is 0.0955 e. The van der Waals surface area contributed by atoms with Gasteiger partial charge in [-0.15, -0.1) is 0 Å². The van der Waals surface area contributed by atoms with Crippen molar-refractivity contribution in [1.82, 2.24) is 10.2 Å². The van der Waals surface area contributed by atoms with Crippen LogP contribution < -0.4 is 5.32 Å². The topological polar surface area (TPSA) is 35.5 Å². The molecule has 0 saturated carbocycles. The molecule has 1 aliphatic rings. The first-order chi connectivity index (χ1) is 12.2. The minimum atomic E-state index is -0.371. The quantitative estimate of drug-likeness (QED) is 0.337. The Morgan fingerprint density at radius 2 is 1.32 bits per heavy atom. The Hall–Kier alpha value is -0.700. The first-order valence-corrected chi connectivity index (χ1v) is 11.1. The number of hydrogen-bond donors (Lipinski definition) is 2. The van der Waals surface area contributed by atoms with Crippen LogP contribution in [0.3, 0.4) is 0 Å². The second-order valence-corrected chi connectivity index (χ2v) is 7.88. The number of unbranched alkanes of at least 4 members (excludes halogenated alkanes) is 13. The summed E-state index contributed by atoms with van der Waals surface area (Å²) in [7, 11) is 0. The van der Waals surface area contributed by atoms with Gasteiger partial charge in [0, 0.05) is 12.7 Å². The number of aliphatic hydroxyl groups is 1. The SMILES string of the molecule is CCCCCCCCCCCCCCCCN1C(C(C)O)=CNC1C. The summed E-state index contributed by atoms with van der Waals surface area (Å²) in [5.41, 5.74) is 1.04. The lowest BCUT2D eigenvalue weighted by Crippen LogP contribution is -2.37. The molecule has 0 radical (unpaired) electrons. The fourth-order valence-corrected chi connectivity index (χ4v) is 3.76. The third-order valence-electron chi connectivity index (χ3n) is 5.45. The van der Waals surface area contributed by atoms with Gasteiger partial charge < -0.3 is 15.3 Å². The van der Waals surface area contributed by atoms with Crippen molar-refractivity contribution >= 4 is 0 Å². The normalized spacial score (nSPS) is 18.3. The predicted octanol–water partition coefficient (Wildman–Crippen LogP) is 5.94. The van der Waals surface area contributed by atoms with Crippen LogP contribution in [-0.4, -0.2) is 28.8 Å². The van der Waals surface area contributed by atoms with E-state index in [1.54, 1.807) is 0 Å². The van der Waals surface area contributed by atoms with Crippen LogP contribution in [0.25, 0.3) is 0 Å². The van der Waals surface area contributed by atoms with E-state index in [0.717, 1.165) is 12.2 Å². The summed E-state index contributed by atoms with van der Waals surface area (Å²) in [5, 5.41) is 13.1. The smallest absolute Gasteiger partial charge is 0.0955 e. The molecule has 0 aromatic heterocycles. The summed E-state index contributed by atoms with van der Waals surface area (Å²) in [6.45, 7) is 7.36. The van der Waals surface area contributed by atoms with Gasteiger partial charge in [-0.05, 0) is 20.3 Å². The standard InChI is InChI=1S/C22H44N2O/c1-4-5-6-7-8-9-10-11-12-13-14-15-16-17-18-24-21(3)23-19-22(24)20(2)25/h19-21,23,25H,4-18H2,1-3H3. The number of nitrogens with one attached hydrogen (secondary N) is 1. The van der Waals surface area contributed by atoms with Crippen molar-refractivity contribution in [1.29, 1.82) is 0 Å². The molecule has 148 valence electrons. The maximum absolute atomic E-state index is 9.81. The molecule has 0 spiro atoms. The maximum atomic E-state index is 9.81. The average molecular weight is 353 g/mol. The number of rotatable bonds is 16. The van der Waals surface area contributed by atoms with Gasteiger partial charge in [0.15, 0.2) is 0 Å². The second kappa shape index (κ2) is 14.5. The average Bonchev–Trinajstić information content (AvgIpc) is 2.96. The van der Waals surface area contributed by atoms with Crippen LogP contribution in [0.15, 0.2) is 11.9 Å². The molecule has 0 aromatic rings. The van der Waals surface area contributed by atoms with E-state index >= 15 is 0 Å². The van der Waals surface area contributed by atoms with Crippen molar-refractivity contribution in [2.45, 2.75) is 123 Å². The van der Waals surface area contributed by atoms with E-state index in [1.807, 2.05) is 13.1 Å². The fourth-order valence-electron chi connectivity index (χ4n) is 3.76. The second-order valence-electron chi connectivity index (χ2n) is 7.88. The zero-order chi connectivity index (χ0) is 18.3. The molecule has 0 aromatic carbocycles. The van der Waals surface area contributed by atoms with Crippen LogP contribution in [0.1, 0.15) is 111 Å². The zero-order valence-electron chi connectivity index (χ0n) is 17.2. The lowest BCUT2D eigenvalue weighted by atomic mass is 10.0. The summed E-state index contributed by atoms with van der Waals surface area (Å²) in [5.74, 6) is 0. The summed E-state index contributed by atoms with van der Waals surface area (Å²) < 4.78 is 0. The molecule has 0 fully saturated rings. The Morgan fingerprint density at radius 3 is 1.76 bits per heavy atom. The highest BCUT2D eigenvalue weighted by Gasteiger charge is 2.23. The Balaban J connectivity index is 1.85. The van der Waals surface area contributed by atoms with Gasteiger partial charge in [-0.2, -0.15) is 0 Å². The van der Waals surface area contributed by atoms with Crippen molar-refractivity contribution < 1.29 is 5.11 Å². The van der Waals surface area contributed by atoms with Gasteiger partial charge in [-0.25, -0.2) is 0 Å². The molecule has 0 bridgehead atoms. The summed E-state index contributed by atoms with van der Waals surface area (Å²) >= 11 is 0. The molecule has 1 heterocycles. The number of hydrogen-bond acceptors (Lipinski definition) is 3. The van der Waals surface area contributed by atoms with Gasteiger partial charge in [0.25, 0.3) is 0 Å². The third-order valence-corrected chi connectivity index (χ3v) is 5.45. The molecular formula is C22H44N2O. The van der Waals surface area contributed by atoms with Gasteiger partial charge in [0.1, 0.15) is 0 Å². The first kappa shape index (κ1) is 22.3. The molecule has 1 rings (SSSR count). The van der Waals surface area contributed by atoms with Gasteiger partial charge in [0.05, 0.1) is 18.0 Å². The van der Waals surface area contributed by atoms with Gasteiger partial charge in [-0.1, -0.05) is 90.4 Å². The molecule has 2 N–H and O–H groups in total. The van der Waals surface area contributed by atoms with E-state index in [2.05, 4.69) is 24.1 Å². The molecule has 0 saturated heterocycles. The number of aliphatic hydroxyl groups excluding tert-OH is 1. The van der Waals surface area contributed by atoms with Gasteiger partial charge >= 0.3 is 0 Å². The Kier molecular flexibility index (Phi) is 12.9. The van der Waals surface area contributed by atoms with E-state index < -0.39 is 0 Å². The summed E-state index contributed by atoms with van der Waals surface area (Å²) in [6, 6.07) is 0. The summed E-state index contributed by atoms with van der Waals surface area (Å²) in [6.07, 6.45) is 21.5. The van der Waals surface area contributed by atoms with Crippen LogP contribution in [0.4, 0.5) is 0 Å². The van der Waals surface area contributed by atoms with E-state index in [-0.39, 0.29) is 6.10 Å². The highest BCUT2D eigenvalue weighted by Crippen LogP contribution is 2.19. The first-order valence-electron chi connectivity index (χ1n) is 11.1. The molecule has 0 amide bonds. The van der Waals surface area contributed by atoms with Crippen LogP contribution in [-0.2, 0) is 0 Å². The lowest BCUT2D eigenvalue weighted by molar-refractivity contribution is 0.164. The van der Waals surface area contributed by atoms with E-state index in [1.165, 1.54) is 89.9 Å². The zero-order valence-corrected chi connectivity index (χ0v) is 17.2. The summed E-state index contributed by atoms with van der Waals surface area (Å²) in [4.78, 5) is 2.31. The van der Waals surface area contributed by atoms with Crippen molar-refractivity contribution in [3.05, 3.63) is 11.9 Å². The molecular weight excluding hydrogens is 308 g/mol. The largest absolute Gasteiger partial charge is 0.387 e. The van der Waals surface area contributed by atoms with Gasteiger partial charge in [0.2, 0.25) is 0 Å². The van der Waals surface area contributed by atoms with Crippen molar-refractivity contribution in [3.63, 3.8) is 0 Å². The van der Waals surface area contributed by atoms with Crippen LogP contribution in [0.2, 0.25) is 0 Å². The van der Waals surface area contributed by atoms with Crippen molar-refractivity contribution in [2.75, 3.05) is 6.54 Å². The predicted molar refractivity (Wildman–Crippen MR) is 109 cm³/mol. The molecule has 1 aliphatic heterocycles. The molecule has 3 heteroatoms. The van der Waals surface area contributed by atoms with Crippen molar-refractivity contribution in [3.8, 4) is 0 Å². The highest BCUT2D eigenvalue weighted by molar-refractivity contribution is 5.11. The molecule has 0 aliphatic carbocycles. The van der Waals surface area contributed by atoms with Crippen molar-refractivity contribution in [2.24, 2.45) is 0 Å². The molecule has 2 atom stereocenters. The monoisotopic (exact) mass is 352 g/mol. The molecule has 25 heavy (non-hydrogen) atoms. The van der Waals surface area contributed by atoms with Crippen LogP contribution >= 0.6 is 0 Å². The minimum Gasteiger partial charge on any atom is -0.387 e. The Morgan fingerprint density at radius 1 is 0.880 bits per heavy atom. The Bertz CT molecular complexity index is 341. The molecule has 3 nitrogen and oxygen atoms in total. The lowest BCUT2D eigenvalue weighted by Gasteiger charge is -2.28. The number of nitrogens with zero attached hydrogens (tertiary/aromatic N) is 1. The molecule has 2 unspecified atom stereocenters. The Labute approximate surface area is 157 Å².